The average Bonchev–Trinajstić information content (AvgIpc) is 2.86. The molecule has 1 aromatic rings. The normalized spacial score (nSPS) is 21.6. The van der Waals surface area contributed by atoms with Crippen LogP contribution in [0.15, 0.2) is 0 Å². The molecular weight excluding hydrogens is 174 g/mol. The van der Waals surface area contributed by atoms with Gasteiger partial charge in [0.15, 0.2) is 0 Å². The maximum atomic E-state index is 9.12. The monoisotopic (exact) mass is 187 g/mol. The molecule has 2 aliphatic rings. The average molecular weight is 187 g/mol. The number of rotatable bonds is 2. The van der Waals surface area contributed by atoms with Gasteiger partial charge in [0.1, 0.15) is 6.07 Å². The summed E-state index contributed by atoms with van der Waals surface area (Å²) in [4.78, 5) is 0. The highest BCUT2D eigenvalue weighted by molar-refractivity contribution is 5.43. The molecule has 1 aromatic heterocycles. The van der Waals surface area contributed by atoms with Crippen LogP contribution in [0.5, 0.6) is 0 Å². The van der Waals surface area contributed by atoms with E-state index in [-0.39, 0.29) is 0 Å². The molecule has 1 heterocycles. The van der Waals surface area contributed by atoms with Gasteiger partial charge >= 0.3 is 0 Å². The van der Waals surface area contributed by atoms with Gasteiger partial charge < -0.3 is 0 Å². The van der Waals surface area contributed by atoms with E-state index in [2.05, 4.69) is 16.3 Å². The van der Waals surface area contributed by atoms with Crippen molar-refractivity contribution in [1.29, 1.82) is 5.26 Å². The first kappa shape index (κ1) is 8.05. The summed E-state index contributed by atoms with van der Waals surface area (Å²) in [5.74, 6) is 1.17. The Kier molecular flexibility index (Phi) is 1.63. The van der Waals surface area contributed by atoms with Gasteiger partial charge in [-0.05, 0) is 25.7 Å². The van der Waals surface area contributed by atoms with Crippen LogP contribution in [0.3, 0.4) is 0 Å². The zero-order valence-corrected chi connectivity index (χ0v) is 8.08. The molecule has 72 valence electrons. The lowest BCUT2D eigenvalue weighted by molar-refractivity contribution is 0.410. The number of nitriles is 1. The minimum Gasteiger partial charge on any atom is -0.281 e. The molecule has 1 N–H and O–H groups in total. The van der Waals surface area contributed by atoms with Crippen molar-refractivity contribution in [3.63, 3.8) is 0 Å². The van der Waals surface area contributed by atoms with Crippen LogP contribution in [-0.2, 0) is 0 Å². The summed E-state index contributed by atoms with van der Waals surface area (Å²) in [6.45, 7) is 0. The lowest BCUT2D eigenvalue weighted by Gasteiger charge is -2.23. The molecule has 2 saturated carbocycles. The summed E-state index contributed by atoms with van der Waals surface area (Å²) >= 11 is 0. The van der Waals surface area contributed by atoms with E-state index in [1.807, 2.05) is 0 Å². The van der Waals surface area contributed by atoms with Crippen molar-refractivity contribution in [2.45, 2.75) is 43.9 Å². The standard InChI is InChI=1S/C11H13N3/c12-6-9-10(7-2-1-3-7)13-14-11(9)8-4-5-8/h7-8H,1-5H2,(H,13,14). The van der Waals surface area contributed by atoms with E-state index in [1.54, 1.807) is 0 Å². The fourth-order valence-corrected chi connectivity index (χ4v) is 2.13. The van der Waals surface area contributed by atoms with Crippen molar-refractivity contribution in [3.8, 4) is 6.07 Å². The second-order valence-electron chi connectivity index (χ2n) is 4.41. The van der Waals surface area contributed by atoms with Gasteiger partial charge in [-0.25, -0.2) is 0 Å². The molecule has 0 aromatic carbocycles. The fourth-order valence-electron chi connectivity index (χ4n) is 2.13. The van der Waals surface area contributed by atoms with Gasteiger partial charge in [0.05, 0.1) is 17.0 Å². The molecule has 0 aliphatic heterocycles. The summed E-state index contributed by atoms with van der Waals surface area (Å²) in [6, 6.07) is 2.32. The first-order valence-corrected chi connectivity index (χ1v) is 5.38. The summed E-state index contributed by atoms with van der Waals surface area (Å²) in [6.07, 6.45) is 6.16. The first-order valence-electron chi connectivity index (χ1n) is 5.38. The topological polar surface area (TPSA) is 52.5 Å². The zero-order valence-electron chi connectivity index (χ0n) is 8.08. The second kappa shape index (κ2) is 2.84. The number of aromatic nitrogens is 2. The van der Waals surface area contributed by atoms with Crippen LogP contribution >= 0.6 is 0 Å². The molecule has 0 amide bonds. The third-order valence-electron chi connectivity index (χ3n) is 3.41. The number of nitrogens with zero attached hydrogens (tertiary/aromatic N) is 2. The highest BCUT2D eigenvalue weighted by Gasteiger charge is 2.33. The maximum absolute atomic E-state index is 9.12. The third kappa shape index (κ3) is 1.07. The predicted molar refractivity (Wildman–Crippen MR) is 51.9 cm³/mol. The number of H-pyrrole nitrogens is 1. The van der Waals surface area contributed by atoms with Crippen molar-refractivity contribution < 1.29 is 0 Å². The number of hydrogen-bond donors (Lipinski definition) is 1. The molecule has 0 atom stereocenters. The molecule has 3 nitrogen and oxygen atoms in total. The summed E-state index contributed by atoms with van der Waals surface area (Å²) in [7, 11) is 0. The van der Waals surface area contributed by atoms with Gasteiger partial charge in [0.25, 0.3) is 0 Å². The Hall–Kier alpha value is -1.30. The van der Waals surface area contributed by atoms with E-state index >= 15 is 0 Å². The molecule has 3 heteroatoms. The Morgan fingerprint density at radius 2 is 2.00 bits per heavy atom. The number of nitrogens with one attached hydrogen (secondary N) is 1. The smallest absolute Gasteiger partial charge is 0.103 e. The minimum absolute atomic E-state index is 0.563. The van der Waals surface area contributed by atoms with Crippen molar-refractivity contribution in [2.24, 2.45) is 0 Å². The molecule has 0 spiro atoms. The Bertz CT molecular complexity index is 391. The van der Waals surface area contributed by atoms with Crippen LogP contribution in [0.25, 0.3) is 0 Å². The van der Waals surface area contributed by atoms with Gasteiger partial charge in [0.2, 0.25) is 0 Å². The van der Waals surface area contributed by atoms with Crippen molar-refractivity contribution in [3.05, 3.63) is 17.0 Å². The molecule has 0 saturated heterocycles. The van der Waals surface area contributed by atoms with E-state index in [4.69, 9.17) is 5.26 Å². The summed E-state index contributed by atoms with van der Waals surface area (Å²) in [5.41, 5.74) is 3.01. The lowest BCUT2D eigenvalue weighted by Crippen LogP contribution is -2.10. The van der Waals surface area contributed by atoms with E-state index in [9.17, 15) is 0 Å². The molecule has 2 fully saturated rings. The van der Waals surface area contributed by atoms with Crippen LogP contribution in [0, 0.1) is 11.3 Å². The van der Waals surface area contributed by atoms with Gasteiger partial charge in [-0.2, -0.15) is 10.4 Å². The molecule has 0 radical (unpaired) electrons. The summed E-state index contributed by atoms with van der Waals surface area (Å²) < 4.78 is 0. The fraction of sp³-hybridized carbons (Fsp3) is 0.636. The third-order valence-corrected chi connectivity index (χ3v) is 3.41. The van der Waals surface area contributed by atoms with E-state index in [0.717, 1.165) is 17.0 Å². The molecule has 14 heavy (non-hydrogen) atoms. The van der Waals surface area contributed by atoms with E-state index in [1.165, 1.54) is 32.1 Å². The van der Waals surface area contributed by atoms with Crippen LogP contribution in [0.1, 0.15) is 60.9 Å². The van der Waals surface area contributed by atoms with Crippen LogP contribution < -0.4 is 0 Å². The zero-order chi connectivity index (χ0) is 9.54. The maximum Gasteiger partial charge on any atom is 0.103 e. The molecule has 2 aliphatic carbocycles. The lowest BCUT2D eigenvalue weighted by atomic mass is 9.81. The Morgan fingerprint density at radius 3 is 2.50 bits per heavy atom. The van der Waals surface area contributed by atoms with E-state index < -0.39 is 0 Å². The van der Waals surface area contributed by atoms with Gasteiger partial charge in [0, 0.05) is 11.8 Å². The van der Waals surface area contributed by atoms with Gasteiger partial charge in [-0.1, -0.05) is 6.42 Å². The highest BCUT2D eigenvalue weighted by Crippen LogP contribution is 2.44. The van der Waals surface area contributed by atoms with Crippen molar-refractivity contribution >= 4 is 0 Å². The van der Waals surface area contributed by atoms with Gasteiger partial charge in [-0.3, -0.25) is 5.10 Å². The number of aromatic amines is 1. The molecule has 0 bridgehead atoms. The molecule has 3 rings (SSSR count). The van der Waals surface area contributed by atoms with Crippen molar-refractivity contribution in [1.82, 2.24) is 10.2 Å². The minimum atomic E-state index is 0.563. The molecule has 0 unspecified atom stereocenters. The quantitative estimate of drug-likeness (QED) is 0.773. The summed E-state index contributed by atoms with van der Waals surface area (Å²) in [5, 5.41) is 16.5. The predicted octanol–water partition coefficient (Wildman–Crippen LogP) is 2.43. The van der Waals surface area contributed by atoms with Crippen LogP contribution in [0.4, 0.5) is 0 Å². The van der Waals surface area contributed by atoms with E-state index in [0.29, 0.717) is 11.8 Å². The Labute approximate surface area is 83.1 Å². The van der Waals surface area contributed by atoms with Crippen molar-refractivity contribution in [2.75, 3.05) is 0 Å². The molecular formula is C11H13N3. The SMILES string of the molecule is N#Cc1c(C2CCC2)n[nH]c1C1CC1. The van der Waals surface area contributed by atoms with Crippen LogP contribution in [0.2, 0.25) is 0 Å². The Balaban J connectivity index is 1.99. The Morgan fingerprint density at radius 1 is 1.21 bits per heavy atom. The number of hydrogen-bond acceptors (Lipinski definition) is 2. The van der Waals surface area contributed by atoms with Gasteiger partial charge in [-0.15, -0.1) is 0 Å². The second-order valence-corrected chi connectivity index (χ2v) is 4.41. The van der Waals surface area contributed by atoms with Crippen LogP contribution in [-0.4, -0.2) is 10.2 Å². The largest absolute Gasteiger partial charge is 0.281 e. The first-order chi connectivity index (χ1) is 6.90. The highest BCUT2D eigenvalue weighted by atomic mass is 15.1.